The summed E-state index contributed by atoms with van der Waals surface area (Å²) in [7, 11) is 1.68. The minimum atomic E-state index is -0.204. The van der Waals surface area contributed by atoms with Crippen LogP contribution in [0.3, 0.4) is 0 Å². The largest absolute Gasteiger partial charge is 0.396 e. The maximum absolute atomic E-state index is 12.1. The smallest absolute Gasteiger partial charge is 0.326 e. The zero-order valence-electron chi connectivity index (χ0n) is 11.6. The molecule has 1 amide bonds. The van der Waals surface area contributed by atoms with Crippen molar-refractivity contribution in [2.75, 3.05) is 6.61 Å². The van der Waals surface area contributed by atoms with Crippen molar-refractivity contribution in [3.8, 4) is 0 Å². The molecule has 6 nitrogen and oxygen atoms in total. The average Bonchev–Trinajstić information content (AvgIpc) is 2.73. The molecule has 2 rings (SSSR count). The molecule has 0 saturated heterocycles. The Hall–Kier alpha value is -2.08. The van der Waals surface area contributed by atoms with Gasteiger partial charge >= 0.3 is 5.69 Å². The molecule has 0 saturated carbocycles. The molecule has 108 valence electrons. The minimum absolute atomic E-state index is 0.0435. The van der Waals surface area contributed by atoms with E-state index in [1.165, 1.54) is 4.57 Å². The molecule has 1 aromatic carbocycles. The van der Waals surface area contributed by atoms with E-state index in [9.17, 15) is 9.59 Å². The van der Waals surface area contributed by atoms with Gasteiger partial charge in [-0.1, -0.05) is 6.92 Å². The highest BCUT2D eigenvalue weighted by Gasteiger charge is 2.13. The molecule has 0 aliphatic rings. The summed E-state index contributed by atoms with van der Waals surface area (Å²) in [5, 5.41) is 11.8. The zero-order valence-corrected chi connectivity index (χ0v) is 11.6. The second-order valence-corrected chi connectivity index (χ2v) is 4.81. The van der Waals surface area contributed by atoms with Gasteiger partial charge in [-0.3, -0.25) is 9.36 Å². The van der Waals surface area contributed by atoms with Crippen LogP contribution in [0.2, 0.25) is 0 Å². The van der Waals surface area contributed by atoms with Crippen molar-refractivity contribution in [3.63, 3.8) is 0 Å². The number of nitrogens with zero attached hydrogens (tertiary/aromatic N) is 1. The molecule has 6 heteroatoms. The number of aromatic amines is 1. The van der Waals surface area contributed by atoms with Crippen LogP contribution in [0.4, 0.5) is 0 Å². The molecule has 0 radical (unpaired) electrons. The maximum atomic E-state index is 12.1. The summed E-state index contributed by atoms with van der Waals surface area (Å²) >= 11 is 0. The maximum Gasteiger partial charge on any atom is 0.326 e. The lowest BCUT2D eigenvalue weighted by atomic mass is 10.1. The van der Waals surface area contributed by atoms with Gasteiger partial charge in [0, 0.05) is 25.3 Å². The first-order chi connectivity index (χ1) is 9.56. The van der Waals surface area contributed by atoms with Gasteiger partial charge in [-0.05, 0) is 31.0 Å². The number of benzene rings is 1. The Labute approximate surface area is 116 Å². The van der Waals surface area contributed by atoms with Gasteiger partial charge in [0.05, 0.1) is 11.0 Å². The van der Waals surface area contributed by atoms with E-state index in [1.807, 2.05) is 6.92 Å². The number of aliphatic hydroxyl groups excluding tert-OH is 1. The number of rotatable bonds is 5. The summed E-state index contributed by atoms with van der Waals surface area (Å²) in [5.74, 6) is -0.197. The summed E-state index contributed by atoms with van der Waals surface area (Å²) in [6.45, 7) is 2.00. The molecular formula is C14H19N3O3. The molecule has 1 atom stereocenters. The van der Waals surface area contributed by atoms with Gasteiger partial charge in [-0.15, -0.1) is 0 Å². The van der Waals surface area contributed by atoms with Gasteiger partial charge in [-0.2, -0.15) is 0 Å². The van der Waals surface area contributed by atoms with E-state index >= 15 is 0 Å². The molecule has 0 spiro atoms. The van der Waals surface area contributed by atoms with Crippen molar-refractivity contribution in [2.45, 2.75) is 25.8 Å². The fraction of sp³-hybridized carbons (Fsp3) is 0.429. The highest BCUT2D eigenvalue weighted by atomic mass is 16.3. The average molecular weight is 277 g/mol. The van der Waals surface area contributed by atoms with E-state index in [0.29, 0.717) is 17.5 Å². The quantitative estimate of drug-likeness (QED) is 0.754. The highest BCUT2D eigenvalue weighted by molar-refractivity contribution is 5.97. The predicted molar refractivity (Wildman–Crippen MR) is 76.8 cm³/mol. The van der Waals surface area contributed by atoms with Crippen molar-refractivity contribution in [2.24, 2.45) is 7.05 Å². The van der Waals surface area contributed by atoms with E-state index in [0.717, 1.165) is 11.9 Å². The highest BCUT2D eigenvalue weighted by Crippen LogP contribution is 2.12. The van der Waals surface area contributed by atoms with Crippen LogP contribution in [-0.2, 0) is 7.05 Å². The molecule has 0 aliphatic carbocycles. The summed E-state index contributed by atoms with van der Waals surface area (Å²) in [5.41, 5.74) is 1.69. The molecule has 1 aromatic heterocycles. The molecule has 3 N–H and O–H groups in total. The Balaban J connectivity index is 2.24. The van der Waals surface area contributed by atoms with Crippen LogP contribution in [-0.4, -0.2) is 33.2 Å². The van der Waals surface area contributed by atoms with E-state index in [-0.39, 0.29) is 24.2 Å². The number of nitrogens with one attached hydrogen (secondary N) is 2. The lowest BCUT2D eigenvalue weighted by Crippen LogP contribution is -2.35. The van der Waals surface area contributed by atoms with Crippen molar-refractivity contribution in [3.05, 3.63) is 34.2 Å². The monoisotopic (exact) mass is 277 g/mol. The summed E-state index contributed by atoms with van der Waals surface area (Å²) < 4.78 is 1.50. The summed E-state index contributed by atoms with van der Waals surface area (Å²) in [4.78, 5) is 26.3. The van der Waals surface area contributed by atoms with Gasteiger partial charge < -0.3 is 15.4 Å². The minimum Gasteiger partial charge on any atom is -0.396 e. The fourth-order valence-electron chi connectivity index (χ4n) is 2.18. The third-order valence-corrected chi connectivity index (χ3v) is 3.47. The first kappa shape index (κ1) is 14.3. The number of aliphatic hydroxyl groups is 1. The Bertz CT molecular complexity index is 672. The van der Waals surface area contributed by atoms with Gasteiger partial charge in [0.2, 0.25) is 0 Å². The van der Waals surface area contributed by atoms with E-state index < -0.39 is 0 Å². The molecular weight excluding hydrogens is 258 g/mol. The molecule has 0 aliphatic heterocycles. The van der Waals surface area contributed by atoms with Crippen molar-refractivity contribution >= 4 is 16.9 Å². The van der Waals surface area contributed by atoms with Crippen molar-refractivity contribution in [1.29, 1.82) is 0 Å². The van der Waals surface area contributed by atoms with Crippen LogP contribution in [0.15, 0.2) is 23.0 Å². The van der Waals surface area contributed by atoms with Crippen molar-refractivity contribution < 1.29 is 9.90 Å². The van der Waals surface area contributed by atoms with Crippen molar-refractivity contribution in [1.82, 2.24) is 14.9 Å². The fourth-order valence-corrected chi connectivity index (χ4v) is 2.18. The Kier molecular flexibility index (Phi) is 4.24. The number of carbonyl (C=O) groups is 1. The van der Waals surface area contributed by atoms with E-state index in [1.54, 1.807) is 25.2 Å². The molecule has 0 fully saturated rings. The van der Waals surface area contributed by atoms with Crippen LogP contribution in [0.5, 0.6) is 0 Å². The number of imidazole rings is 1. The number of aromatic nitrogens is 2. The van der Waals surface area contributed by atoms with Crippen LogP contribution in [0, 0.1) is 0 Å². The number of aryl methyl sites for hydroxylation is 1. The molecule has 1 heterocycles. The summed E-state index contributed by atoms with van der Waals surface area (Å²) in [6.07, 6.45) is 1.30. The van der Waals surface area contributed by atoms with Gasteiger partial charge in [0.1, 0.15) is 0 Å². The van der Waals surface area contributed by atoms with Crippen LogP contribution in [0.1, 0.15) is 30.1 Å². The van der Waals surface area contributed by atoms with E-state index in [4.69, 9.17) is 5.11 Å². The topological polar surface area (TPSA) is 87.1 Å². The number of fused-ring (bicyclic) bond motifs is 1. The van der Waals surface area contributed by atoms with Crippen LogP contribution >= 0.6 is 0 Å². The number of hydrogen-bond donors (Lipinski definition) is 3. The normalized spacial score (nSPS) is 12.6. The van der Waals surface area contributed by atoms with E-state index in [2.05, 4.69) is 10.3 Å². The first-order valence-corrected chi connectivity index (χ1v) is 6.67. The molecule has 0 bridgehead atoms. The van der Waals surface area contributed by atoms with Crippen LogP contribution in [0.25, 0.3) is 11.0 Å². The van der Waals surface area contributed by atoms with Gasteiger partial charge in [0.15, 0.2) is 0 Å². The molecule has 2 aromatic rings. The molecule has 1 unspecified atom stereocenters. The Morgan fingerprint density at radius 2 is 2.25 bits per heavy atom. The molecule has 20 heavy (non-hydrogen) atoms. The van der Waals surface area contributed by atoms with Gasteiger partial charge in [-0.25, -0.2) is 4.79 Å². The summed E-state index contributed by atoms with van der Waals surface area (Å²) in [6, 6.07) is 5.06. The predicted octanol–water partition coefficient (Wildman–Crippen LogP) is 0.757. The number of carbonyl (C=O) groups excluding carboxylic acids is 1. The zero-order chi connectivity index (χ0) is 14.7. The second-order valence-electron chi connectivity index (χ2n) is 4.81. The Morgan fingerprint density at radius 3 is 2.90 bits per heavy atom. The standard InChI is InChI=1S/C14H19N3O3/c1-3-10(6-7-18)15-13(19)9-4-5-12-11(8-9)16-14(20)17(12)2/h4-5,8,10,18H,3,6-7H2,1-2H3,(H,15,19)(H,16,20). The Morgan fingerprint density at radius 1 is 1.50 bits per heavy atom. The second kappa shape index (κ2) is 5.92. The lowest BCUT2D eigenvalue weighted by molar-refractivity contribution is 0.0929. The third-order valence-electron chi connectivity index (χ3n) is 3.47. The number of amides is 1. The first-order valence-electron chi connectivity index (χ1n) is 6.67. The SMILES string of the molecule is CCC(CCO)NC(=O)c1ccc2c(c1)[nH]c(=O)n2C. The van der Waals surface area contributed by atoms with Crippen LogP contribution < -0.4 is 11.0 Å². The number of hydrogen-bond acceptors (Lipinski definition) is 3. The third kappa shape index (κ3) is 2.75. The number of H-pyrrole nitrogens is 1. The van der Waals surface area contributed by atoms with Gasteiger partial charge in [0.25, 0.3) is 5.91 Å². The lowest BCUT2D eigenvalue weighted by Gasteiger charge is -2.15.